The number of benzene rings is 2. The lowest BCUT2D eigenvalue weighted by molar-refractivity contribution is -0.123. The Kier molecular flexibility index (Phi) is 6.56. The standard InChI is InChI=1S/C22H27NO3/c1-6-17-9-8-10-18(7-2)20(17)23-21(24)16(5)26-22(25)19-12-11-14(3)15(4)13-19/h8-13,16H,6-7H2,1-5H3,(H,23,24). The topological polar surface area (TPSA) is 55.4 Å². The van der Waals surface area contributed by atoms with Crippen LogP contribution < -0.4 is 5.32 Å². The third-order valence-electron chi connectivity index (χ3n) is 4.64. The Bertz CT molecular complexity index is 789. The first-order chi connectivity index (χ1) is 12.4. The number of para-hydroxylation sites is 1. The van der Waals surface area contributed by atoms with Gasteiger partial charge in [-0.05, 0) is 68.0 Å². The molecule has 1 amide bonds. The van der Waals surface area contributed by atoms with Gasteiger partial charge in [0.25, 0.3) is 5.91 Å². The maximum absolute atomic E-state index is 12.5. The van der Waals surface area contributed by atoms with Crippen molar-refractivity contribution in [2.45, 2.75) is 53.6 Å². The molecule has 0 aliphatic carbocycles. The molecule has 0 aliphatic heterocycles. The highest BCUT2D eigenvalue weighted by Crippen LogP contribution is 2.23. The van der Waals surface area contributed by atoms with Crippen LogP contribution in [0.4, 0.5) is 5.69 Å². The second kappa shape index (κ2) is 8.65. The molecule has 0 heterocycles. The van der Waals surface area contributed by atoms with Crippen LogP contribution in [0.3, 0.4) is 0 Å². The van der Waals surface area contributed by atoms with E-state index in [1.165, 1.54) is 0 Å². The van der Waals surface area contributed by atoms with Gasteiger partial charge in [-0.25, -0.2) is 4.79 Å². The number of carbonyl (C=O) groups is 2. The van der Waals surface area contributed by atoms with E-state index in [2.05, 4.69) is 5.32 Å². The third kappa shape index (κ3) is 4.51. The molecule has 4 heteroatoms. The highest BCUT2D eigenvalue weighted by molar-refractivity contribution is 5.98. The predicted octanol–water partition coefficient (Wildman–Crippen LogP) is 4.61. The number of hydrogen-bond donors (Lipinski definition) is 1. The smallest absolute Gasteiger partial charge is 0.338 e. The summed E-state index contributed by atoms with van der Waals surface area (Å²) in [5.74, 6) is -0.812. The van der Waals surface area contributed by atoms with Gasteiger partial charge in [-0.2, -0.15) is 0 Å². The van der Waals surface area contributed by atoms with E-state index in [4.69, 9.17) is 4.74 Å². The van der Waals surface area contributed by atoms with Crippen molar-refractivity contribution < 1.29 is 14.3 Å². The lowest BCUT2D eigenvalue weighted by Gasteiger charge is -2.18. The van der Waals surface area contributed by atoms with Crippen molar-refractivity contribution in [2.24, 2.45) is 0 Å². The van der Waals surface area contributed by atoms with E-state index in [9.17, 15) is 9.59 Å². The van der Waals surface area contributed by atoms with Crippen LogP contribution in [0.1, 0.15) is 53.4 Å². The zero-order chi connectivity index (χ0) is 19.3. The summed E-state index contributed by atoms with van der Waals surface area (Å²) in [6, 6.07) is 11.4. The van der Waals surface area contributed by atoms with Gasteiger partial charge in [0.1, 0.15) is 0 Å². The van der Waals surface area contributed by atoms with Crippen molar-refractivity contribution in [3.8, 4) is 0 Å². The first kappa shape index (κ1) is 19.7. The lowest BCUT2D eigenvalue weighted by Crippen LogP contribution is -2.30. The van der Waals surface area contributed by atoms with Crippen LogP contribution in [0.25, 0.3) is 0 Å². The van der Waals surface area contributed by atoms with Gasteiger partial charge < -0.3 is 10.1 Å². The fourth-order valence-electron chi connectivity index (χ4n) is 2.78. The Morgan fingerprint density at radius 2 is 1.62 bits per heavy atom. The second-order valence-corrected chi connectivity index (χ2v) is 6.49. The van der Waals surface area contributed by atoms with Gasteiger partial charge in [-0.15, -0.1) is 0 Å². The van der Waals surface area contributed by atoms with Crippen molar-refractivity contribution in [1.29, 1.82) is 0 Å². The molecule has 0 aliphatic rings. The van der Waals surface area contributed by atoms with Crippen molar-refractivity contribution in [1.82, 2.24) is 0 Å². The molecule has 0 bridgehead atoms. The summed E-state index contributed by atoms with van der Waals surface area (Å²) < 4.78 is 5.36. The molecule has 0 fully saturated rings. The highest BCUT2D eigenvalue weighted by Gasteiger charge is 2.21. The number of amides is 1. The minimum absolute atomic E-state index is 0.321. The van der Waals surface area contributed by atoms with E-state index >= 15 is 0 Å². The Morgan fingerprint density at radius 1 is 1.00 bits per heavy atom. The SMILES string of the molecule is CCc1cccc(CC)c1NC(=O)C(C)OC(=O)c1ccc(C)c(C)c1. The van der Waals surface area contributed by atoms with Gasteiger partial charge in [0, 0.05) is 5.69 Å². The molecule has 0 aromatic heterocycles. The molecule has 0 radical (unpaired) electrons. The molecule has 26 heavy (non-hydrogen) atoms. The number of esters is 1. The van der Waals surface area contributed by atoms with Crippen molar-refractivity contribution >= 4 is 17.6 Å². The molecule has 1 unspecified atom stereocenters. The van der Waals surface area contributed by atoms with Crippen molar-refractivity contribution in [3.05, 3.63) is 64.2 Å². The molecule has 0 saturated carbocycles. The molecule has 4 nitrogen and oxygen atoms in total. The summed E-state index contributed by atoms with van der Waals surface area (Å²) in [5, 5.41) is 2.94. The van der Waals surface area contributed by atoms with E-state index < -0.39 is 12.1 Å². The molecule has 2 rings (SSSR count). The minimum Gasteiger partial charge on any atom is -0.449 e. The summed E-state index contributed by atoms with van der Waals surface area (Å²) in [6.45, 7) is 9.61. The summed E-state index contributed by atoms with van der Waals surface area (Å²) in [4.78, 5) is 24.9. The number of nitrogens with one attached hydrogen (secondary N) is 1. The van der Waals surface area contributed by atoms with Crippen molar-refractivity contribution in [2.75, 3.05) is 5.32 Å². The quantitative estimate of drug-likeness (QED) is 0.772. The van der Waals surface area contributed by atoms with Gasteiger partial charge in [0.15, 0.2) is 6.10 Å². The van der Waals surface area contributed by atoms with Gasteiger partial charge >= 0.3 is 5.97 Å². The molecule has 0 saturated heterocycles. The largest absolute Gasteiger partial charge is 0.449 e. The first-order valence-corrected chi connectivity index (χ1v) is 9.07. The summed E-state index contributed by atoms with van der Waals surface area (Å²) in [7, 11) is 0. The molecule has 2 aromatic carbocycles. The molecule has 1 N–H and O–H groups in total. The molecule has 0 spiro atoms. The van der Waals surface area contributed by atoms with Crippen LogP contribution in [-0.4, -0.2) is 18.0 Å². The van der Waals surface area contributed by atoms with Gasteiger partial charge in [-0.1, -0.05) is 38.1 Å². The van der Waals surface area contributed by atoms with Crippen LogP contribution >= 0.6 is 0 Å². The fraction of sp³-hybridized carbons (Fsp3) is 0.364. The number of anilines is 1. The van der Waals surface area contributed by atoms with E-state index in [1.54, 1.807) is 19.1 Å². The average molecular weight is 353 g/mol. The lowest BCUT2D eigenvalue weighted by atomic mass is 10.0. The zero-order valence-corrected chi connectivity index (χ0v) is 16.2. The van der Waals surface area contributed by atoms with Crippen LogP contribution in [0.2, 0.25) is 0 Å². The Morgan fingerprint density at radius 3 is 2.15 bits per heavy atom. The van der Waals surface area contributed by atoms with Crippen LogP contribution in [0.15, 0.2) is 36.4 Å². The predicted molar refractivity (Wildman–Crippen MR) is 105 cm³/mol. The molecular formula is C22H27NO3. The normalized spacial score (nSPS) is 11.7. The maximum atomic E-state index is 12.5. The molecule has 2 aromatic rings. The number of hydrogen-bond acceptors (Lipinski definition) is 3. The molecule has 1 atom stereocenters. The summed E-state index contributed by atoms with van der Waals surface area (Å²) in [5.41, 5.74) is 5.56. The van der Waals surface area contributed by atoms with Gasteiger partial charge in [-0.3, -0.25) is 4.79 Å². The fourth-order valence-corrected chi connectivity index (χ4v) is 2.78. The van der Waals surface area contributed by atoms with Gasteiger partial charge in [0.05, 0.1) is 5.56 Å². The number of carbonyl (C=O) groups excluding carboxylic acids is 2. The van der Waals surface area contributed by atoms with Crippen LogP contribution in [-0.2, 0) is 22.4 Å². The monoisotopic (exact) mass is 353 g/mol. The number of rotatable bonds is 6. The van der Waals surface area contributed by atoms with E-state index in [-0.39, 0.29) is 5.91 Å². The van der Waals surface area contributed by atoms with Crippen LogP contribution in [0, 0.1) is 13.8 Å². The zero-order valence-electron chi connectivity index (χ0n) is 16.2. The number of ether oxygens (including phenoxy) is 1. The van der Waals surface area contributed by atoms with Gasteiger partial charge in [0.2, 0.25) is 0 Å². The maximum Gasteiger partial charge on any atom is 0.338 e. The number of aryl methyl sites for hydroxylation is 4. The Hall–Kier alpha value is -2.62. The Balaban J connectivity index is 2.10. The third-order valence-corrected chi connectivity index (χ3v) is 4.64. The van der Waals surface area contributed by atoms with E-state index in [1.807, 2.05) is 52.0 Å². The Labute approximate surface area is 155 Å². The first-order valence-electron chi connectivity index (χ1n) is 9.07. The minimum atomic E-state index is -0.876. The van der Waals surface area contributed by atoms with Crippen molar-refractivity contribution in [3.63, 3.8) is 0 Å². The van der Waals surface area contributed by atoms with E-state index in [0.29, 0.717) is 5.56 Å². The highest BCUT2D eigenvalue weighted by atomic mass is 16.5. The molecular weight excluding hydrogens is 326 g/mol. The van der Waals surface area contributed by atoms with Crippen LogP contribution in [0.5, 0.6) is 0 Å². The summed E-state index contributed by atoms with van der Waals surface area (Å²) >= 11 is 0. The molecule has 138 valence electrons. The summed E-state index contributed by atoms with van der Waals surface area (Å²) in [6.07, 6.45) is 0.763. The second-order valence-electron chi connectivity index (χ2n) is 6.49. The average Bonchev–Trinajstić information content (AvgIpc) is 2.63. The van der Waals surface area contributed by atoms with E-state index in [0.717, 1.165) is 40.8 Å².